The molecule has 0 heterocycles. The molecule has 0 bridgehead atoms. The summed E-state index contributed by atoms with van der Waals surface area (Å²) in [6.07, 6.45) is 0. The number of para-hydroxylation sites is 4. The van der Waals surface area contributed by atoms with Gasteiger partial charge in [-0.25, -0.2) is 0 Å². The summed E-state index contributed by atoms with van der Waals surface area (Å²) in [6.45, 7) is 0. The van der Waals surface area contributed by atoms with Gasteiger partial charge < -0.3 is 14.9 Å². The fourth-order valence-corrected chi connectivity index (χ4v) is 8.81. The van der Waals surface area contributed by atoms with Crippen LogP contribution in [0.15, 0.2) is 231 Å². The molecule has 0 saturated carbocycles. The maximum absolute atomic E-state index is 14.5. The summed E-state index contributed by atoms with van der Waals surface area (Å²) >= 11 is 6.46. The molecular weight excluding hydrogens is 740 g/mol. The highest BCUT2D eigenvalue weighted by atomic mass is 35.5. The van der Waals surface area contributed by atoms with Gasteiger partial charge in [0.25, 0.3) is 0 Å². The maximum Gasteiger partial charge on any atom is 0.142 e. The Morgan fingerprint density at radius 1 is 0.305 bits per heavy atom. The molecule has 1 N–H and O–H groups in total. The van der Waals surface area contributed by atoms with Gasteiger partial charge in [0, 0.05) is 55.8 Å². The first kappa shape index (κ1) is 36.2. The number of halogens is 1. The lowest BCUT2D eigenvalue weighted by molar-refractivity contribution is 0.128. The highest BCUT2D eigenvalue weighted by molar-refractivity contribution is 6.30. The summed E-state index contributed by atoms with van der Waals surface area (Å²) < 4.78 is 0. The molecule has 1 aliphatic carbocycles. The minimum atomic E-state index is -1.66. The van der Waals surface area contributed by atoms with Crippen molar-refractivity contribution in [3.63, 3.8) is 0 Å². The van der Waals surface area contributed by atoms with E-state index >= 15 is 0 Å². The molecule has 0 aromatic heterocycles. The highest BCUT2D eigenvalue weighted by Crippen LogP contribution is 2.55. The highest BCUT2D eigenvalue weighted by Gasteiger charge is 2.43. The molecule has 0 amide bonds. The zero-order chi connectivity index (χ0) is 39.8. The Bertz CT molecular complexity index is 2670. The Morgan fingerprint density at radius 3 is 1.07 bits per heavy atom. The zero-order valence-corrected chi connectivity index (χ0v) is 32.9. The maximum atomic E-state index is 14.5. The molecule has 59 heavy (non-hydrogen) atoms. The second-order valence-electron chi connectivity index (χ2n) is 14.8. The number of benzene rings is 9. The first-order valence-corrected chi connectivity index (χ1v) is 20.2. The van der Waals surface area contributed by atoms with E-state index in [1.165, 1.54) is 0 Å². The van der Waals surface area contributed by atoms with E-state index in [2.05, 4.69) is 180 Å². The van der Waals surface area contributed by atoms with E-state index < -0.39 is 5.60 Å². The minimum Gasteiger partial charge on any atom is -0.376 e. The average Bonchev–Trinajstić information content (AvgIpc) is 3.39. The van der Waals surface area contributed by atoms with E-state index in [-0.39, 0.29) is 0 Å². The van der Waals surface area contributed by atoms with Crippen LogP contribution in [-0.4, -0.2) is 5.11 Å². The lowest BCUT2D eigenvalue weighted by Crippen LogP contribution is -2.31. The molecule has 4 heteroatoms. The van der Waals surface area contributed by atoms with Gasteiger partial charge in [0.05, 0.1) is 0 Å². The van der Waals surface area contributed by atoms with E-state index in [9.17, 15) is 5.11 Å². The van der Waals surface area contributed by atoms with Crippen LogP contribution in [-0.2, 0) is 5.60 Å². The molecule has 0 radical (unpaired) electrons. The Labute approximate surface area is 350 Å². The molecule has 0 unspecified atom stereocenters. The van der Waals surface area contributed by atoms with Crippen molar-refractivity contribution in [2.24, 2.45) is 0 Å². The second kappa shape index (κ2) is 15.3. The number of aliphatic hydroxyl groups is 1. The first-order valence-electron chi connectivity index (χ1n) is 19.8. The summed E-state index contributed by atoms with van der Waals surface area (Å²) in [5, 5.41) is 15.2. The average molecular weight is 779 g/mol. The summed E-state index contributed by atoms with van der Waals surface area (Å²) in [6, 6.07) is 79.4. The third kappa shape index (κ3) is 6.47. The van der Waals surface area contributed by atoms with Crippen molar-refractivity contribution in [1.82, 2.24) is 0 Å². The van der Waals surface area contributed by atoms with Gasteiger partial charge in [0.1, 0.15) is 5.60 Å². The third-order valence-electron chi connectivity index (χ3n) is 11.3. The standard InChI is InChI=1S/C55H39ClN2O/c56-40-31-29-39(30-32-40)47-25-15-16-28-52(47)55(59)53-37-45(57(41-17-5-1-6-18-41)42-19-7-2-8-20-42)33-35-50(53)48-26-13-14-27-49(48)51-36-34-46(38-54(51)55)58(43-21-9-3-10-22-43)44-23-11-4-12-24-44/h1-38,59H. The number of hydrogen-bond donors (Lipinski definition) is 1. The normalized spacial score (nSPS) is 12.4. The SMILES string of the molecule is OC1(c2ccccc2-c2ccc(Cl)cc2)c2cc(N(c3ccccc3)c3ccccc3)ccc2-c2ccccc2-c2ccc(N(c3ccccc3)c3ccccc3)cc21. The van der Waals surface area contributed by atoms with Gasteiger partial charge in [-0.2, -0.15) is 0 Å². The first-order chi connectivity index (χ1) is 29.1. The Hall–Kier alpha value is -7.17. The van der Waals surface area contributed by atoms with Crippen LogP contribution in [0.2, 0.25) is 5.02 Å². The van der Waals surface area contributed by atoms with Crippen molar-refractivity contribution in [3.05, 3.63) is 252 Å². The van der Waals surface area contributed by atoms with Crippen molar-refractivity contribution >= 4 is 45.7 Å². The van der Waals surface area contributed by atoms with Crippen molar-refractivity contribution in [2.75, 3.05) is 9.80 Å². The molecule has 0 spiro atoms. The van der Waals surface area contributed by atoms with Gasteiger partial charge in [0.15, 0.2) is 0 Å². The molecule has 9 aromatic rings. The predicted octanol–water partition coefficient (Wildman–Crippen LogP) is 14.9. The van der Waals surface area contributed by atoms with E-state index in [1.54, 1.807) is 0 Å². The van der Waals surface area contributed by atoms with Crippen LogP contribution in [0.1, 0.15) is 16.7 Å². The van der Waals surface area contributed by atoms with Gasteiger partial charge in [-0.15, -0.1) is 0 Å². The van der Waals surface area contributed by atoms with Crippen LogP contribution in [0, 0.1) is 0 Å². The molecule has 9 aromatic carbocycles. The molecule has 0 aliphatic heterocycles. The molecule has 3 nitrogen and oxygen atoms in total. The zero-order valence-electron chi connectivity index (χ0n) is 32.2. The summed E-state index contributed by atoms with van der Waals surface area (Å²) in [4.78, 5) is 4.51. The third-order valence-corrected chi connectivity index (χ3v) is 11.6. The minimum absolute atomic E-state index is 0.656. The number of nitrogens with zero attached hydrogens (tertiary/aromatic N) is 2. The molecule has 1 aliphatic rings. The van der Waals surface area contributed by atoms with Gasteiger partial charge in [0.2, 0.25) is 0 Å². The van der Waals surface area contributed by atoms with E-state index in [0.717, 1.165) is 84.2 Å². The van der Waals surface area contributed by atoms with E-state index in [1.807, 2.05) is 60.7 Å². The summed E-state index contributed by atoms with van der Waals surface area (Å²) in [5.41, 5.74) is 12.5. The van der Waals surface area contributed by atoms with Gasteiger partial charge >= 0.3 is 0 Å². The molecule has 282 valence electrons. The lowest BCUT2D eigenvalue weighted by Gasteiger charge is -2.36. The summed E-state index contributed by atoms with van der Waals surface area (Å²) in [5.74, 6) is 0. The van der Waals surface area contributed by atoms with E-state index in [4.69, 9.17) is 11.6 Å². The van der Waals surface area contributed by atoms with Gasteiger partial charge in [-0.05, 0) is 118 Å². The quantitative estimate of drug-likeness (QED) is 0.166. The van der Waals surface area contributed by atoms with Crippen molar-refractivity contribution in [2.45, 2.75) is 5.60 Å². The van der Waals surface area contributed by atoms with Gasteiger partial charge in [-0.1, -0.05) is 157 Å². The second-order valence-corrected chi connectivity index (χ2v) is 15.2. The van der Waals surface area contributed by atoms with Crippen molar-refractivity contribution in [3.8, 4) is 33.4 Å². The molecular formula is C55H39ClN2O. The monoisotopic (exact) mass is 778 g/mol. The van der Waals surface area contributed by atoms with Crippen LogP contribution < -0.4 is 9.80 Å². The molecule has 0 saturated heterocycles. The Balaban J connectivity index is 1.31. The molecule has 0 atom stereocenters. The number of rotatable bonds is 8. The van der Waals surface area contributed by atoms with E-state index in [0.29, 0.717) is 5.02 Å². The van der Waals surface area contributed by atoms with Crippen LogP contribution in [0.25, 0.3) is 33.4 Å². The van der Waals surface area contributed by atoms with Crippen LogP contribution >= 0.6 is 11.6 Å². The van der Waals surface area contributed by atoms with Crippen molar-refractivity contribution < 1.29 is 5.11 Å². The van der Waals surface area contributed by atoms with Crippen LogP contribution in [0.3, 0.4) is 0 Å². The van der Waals surface area contributed by atoms with Crippen LogP contribution in [0.4, 0.5) is 34.1 Å². The Morgan fingerprint density at radius 2 is 0.661 bits per heavy atom. The summed E-state index contributed by atoms with van der Waals surface area (Å²) in [7, 11) is 0. The smallest absolute Gasteiger partial charge is 0.142 e. The van der Waals surface area contributed by atoms with Crippen molar-refractivity contribution in [1.29, 1.82) is 0 Å². The predicted molar refractivity (Wildman–Crippen MR) is 246 cm³/mol. The van der Waals surface area contributed by atoms with Gasteiger partial charge in [-0.3, -0.25) is 0 Å². The topological polar surface area (TPSA) is 26.7 Å². The molecule has 0 fully saturated rings. The van der Waals surface area contributed by atoms with Crippen LogP contribution in [0.5, 0.6) is 0 Å². The fourth-order valence-electron chi connectivity index (χ4n) is 8.68. The largest absolute Gasteiger partial charge is 0.376 e. The molecule has 10 rings (SSSR count). The fraction of sp³-hybridized carbons (Fsp3) is 0.0182. The lowest BCUT2D eigenvalue weighted by atomic mass is 9.74. The number of hydrogen-bond acceptors (Lipinski definition) is 3. The number of fused-ring (bicyclic) bond motifs is 5. The Kier molecular flexibility index (Phi) is 9.38. The number of anilines is 6.